The van der Waals surface area contributed by atoms with Crippen molar-refractivity contribution in [3.8, 4) is 0 Å². The third-order valence-corrected chi connectivity index (χ3v) is 5.46. The van der Waals surface area contributed by atoms with Gasteiger partial charge in [0.15, 0.2) is 0 Å². The topological polar surface area (TPSA) is 92.8 Å². The maximum absolute atomic E-state index is 12.3. The van der Waals surface area contributed by atoms with Crippen LogP contribution in [0.4, 0.5) is 5.69 Å². The van der Waals surface area contributed by atoms with Gasteiger partial charge in [0, 0.05) is 32.4 Å². The lowest BCUT2D eigenvalue weighted by molar-refractivity contribution is -0.148. The summed E-state index contributed by atoms with van der Waals surface area (Å²) in [6, 6.07) is 7.20. The molecule has 7 nitrogen and oxygen atoms in total. The molecule has 1 aliphatic heterocycles. The fourth-order valence-electron chi connectivity index (χ4n) is 3.43. The second-order valence-electron chi connectivity index (χ2n) is 8.76. The molecule has 31 heavy (non-hydrogen) atoms. The van der Waals surface area contributed by atoms with Gasteiger partial charge in [-0.1, -0.05) is 46.2 Å². The normalized spacial score (nSPS) is 16.3. The quantitative estimate of drug-likeness (QED) is 0.322. The Labute approximate surface area is 186 Å². The fourth-order valence-corrected chi connectivity index (χ4v) is 3.43. The number of hydrogen-bond donors (Lipinski definition) is 1. The lowest BCUT2D eigenvalue weighted by Crippen LogP contribution is -2.32. The highest BCUT2D eigenvalue weighted by Gasteiger charge is 2.39. The highest BCUT2D eigenvalue weighted by molar-refractivity contribution is 6.03. The number of hydrogen-bond acceptors (Lipinski definition) is 5. The summed E-state index contributed by atoms with van der Waals surface area (Å²) in [7, 11) is 0. The van der Waals surface area contributed by atoms with Crippen LogP contribution in [0, 0.1) is 17.8 Å². The number of ether oxygens (including phenoxy) is 1. The van der Waals surface area contributed by atoms with E-state index in [0.29, 0.717) is 37.9 Å². The Kier molecular flexibility index (Phi) is 9.21. The summed E-state index contributed by atoms with van der Waals surface area (Å²) in [6.45, 7) is 8.15. The van der Waals surface area contributed by atoms with Crippen molar-refractivity contribution in [2.24, 2.45) is 17.8 Å². The van der Waals surface area contributed by atoms with Crippen LogP contribution in [0.25, 0.3) is 0 Å². The first kappa shape index (κ1) is 24.6. The molecular formula is C24H36N2O5. The van der Waals surface area contributed by atoms with E-state index in [1.165, 1.54) is 4.90 Å². The SMILES string of the molecule is CC(C)C(=O)OCc1ccc(NC(=O)CCCCCN2C(=O)CC(C(C)C)C2=O)cc1.[HH]. The number of carbonyl (C=O) groups is 4. The lowest BCUT2D eigenvalue weighted by atomic mass is 9.94. The Morgan fingerprint density at radius 2 is 1.77 bits per heavy atom. The van der Waals surface area contributed by atoms with E-state index in [1.54, 1.807) is 26.0 Å². The van der Waals surface area contributed by atoms with Crippen molar-refractivity contribution in [1.29, 1.82) is 0 Å². The zero-order chi connectivity index (χ0) is 23.0. The molecule has 1 saturated heterocycles. The van der Waals surface area contributed by atoms with Crippen LogP contribution in [0.1, 0.15) is 66.8 Å². The number of carbonyl (C=O) groups excluding carboxylic acids is 4. The minimum atomic E-state index is -0.240. The predicted molar refractivity (Wildman–Crippen MR) is 120 cm³/mol. The van der Waals surface area contributed by atoms with Gasteiger partial charge in [0.05, 0.1) is 5.92 Å². The molecule has 0 radical (unpaired) electrons. The molecule has 1 heterocycles. The van der Waals surface area contributed by atoms with E-state index in [-0.39, 0.29) is 49.5 Å². The van der Waals surface area contributed by atoms with Crippen LogP contribution in [0.2, 0.25) is 0 Å². The molecule has 0 spiro atoms. The fraction of sp³-hybridized carbons (Fsp3) is 0.583. The molecule has 0 aliphatic carbocycles. The summed E-state index contributed by atoms with van der Waals surface area (Å²) < 4.78 is 5.18. The number of benzene rings is 1. The second-order valence-corrected chi connectivity index (χ2v) is 8.76. The van der Waals surface area contributed by atoms with Crippen molar-refractivity contribution < 1.29 is 25.3 Å². The van der Waals surface area contributed by atoms with Crippen LogP contribution in [0.15, 0.2) is 24.3 Å². The summed E-state index contributed by atoms with van der Waals surface area (Å²) in [4.78, 5) is 49.3. The number of anilines is 1. The van der Waals surface area contributed by atoms with Crippen LogP contribution in [-0.2, 0) is 30.5 Å². The molecule has 1 aromatic carbocycles. The molecular weight excluding hydrogens is 396 g/mol. The number of rotatable bonds is 11. The molecule has 0 bridgehead atoms. The van der Waals surface area contributed by atoms with E-state index in [1.807, 2.05) is 26.0 Å². The average Bonchev–Trinajstić information content (AvgIpc) is 3.01. The van der Waals surface area contributed by atoms with Crippen LogP contribution in [-0.4, -0.2) is 35.1 Å². The third-order valence-electron chi connectivity index (χ3n) is 5.46. The predicted octanol–water partition coefficient (Wildman–Crippen LogP) is 4.16. The number of nitrogens with zero attached hydrogens (tertiary/aromatic N) is 1. The van der Waals surface area contributed by atoms with E-state index >= 15 is 0 Å². The van der Waals surface area contributed by atoms with Gasteiger partial charge in [0.25, 0.3) is 0 Å². The van der Waals surface area contributed by atoms with Crippen molar-refractivity contribution in [2.75, 3.05) is 11.9 Å². The number of amides is 3. The minimum Gasteiger partial charge on any atom is -0.461 e. The maximum Gasteiger partial charge on any atom is 0.308 e. The van der Waals surface area contributed by atoms with Gasteiger partial charge in [0.1, 0.15) is 6.61 Å². The van der Waals surface area contributed by atoms with Gasteiger partial charge in [0.2, 0.25) is 17.7 Å². The molecule has 1 unspecified atom stereocenters. The minimum absolute atomic E-state index is 0. The molecule has 1 N–H and O–H groups in total. The largest absolute Gasteiger partial charge is 0.461 e. The molecule has 172 valence electrons. The number of nitrogens with one attached hydrogen (secondary N) is 1. The van der Waals surface area contributed by atoms with E-state index in [0.717, 1.165) is 12.0 Å². The summed E-state index contributed by atoms with van der Waals surface area (Å²) in [5.41, 5.74) is 1.55. The summed E-state index contributed by atoms with van der Waals surface area (Å²) >= 11 is 0. The molecule has 1 aliphatic rings. The summed E-state index contributed by atoms with van der Waals surface area (Å²) in [6.07, 6.45) is 2.87. The van der Waals surface area contributed by atoms with E-state index in [9.17, 15) is 19.2 Å². The third kappa shape index (κ3) is 7.49. The van der Waals surface area contributed by atoms with E-state index in [4.69, 9.17) is 4.74 Å². The monoisotopic (exact) mass is 432 g/mol. The first-order valence-corrected chi connectivity index (χ1v) is 11.1. The molecule has 0 aromatic heterocycles. The first-order valence-electron chi connectivity index (χ1n) is 11.1. The molecule has 1 fully saturated rings. The van der Waals surface area contributed by atoms with Crippen LogP contribution in [0.5, 0.6) is 0 Å². The molecule has 1 aromatic rings. The average molecular weight is 433 g/mol. The van der Waals surface area contributed by atoms with Crippen molar-refractivity contribution in [3.63, 3.8) is 0 Å². The Bertz CT molecular complexity index is 792. The molecule has 2 rings (SSSR count). The van der Waals surface area contributed by atoms with Crippen molar-refractivity contribution in [1.82, 2.24) is 4.90 Å². The zero-order valence-corrected chi connectivity index (χ0v) is 19.0. The Balaban J connectivity index is 0.00000512. The van der Waals surface area contributed by atoms with E-state index < -0.39 is 0 Å². The van der Waals surface area contributed by atoms with Crippen molar-refractivity contribution >= 4 is 29.4 Å². The van der Waals surface area contributed by atoms with Crippen LogP contribution in [0.3, 0.4) is 0 Å². The summed E-state index contributed by atoms with van der Waals surface area (Å²) in [5.74, 6) is -0.625. The Morgan fingerprint density at radius 1 is 1.10 bits per heavy atom. The first-order chi connectivity index (χ1) is 14.7. The number of likely N-dealkylation sites (tertiary alicyclic amines) is 1. The molecule has 1 atom stereocenters. The van der Waals surface area contributed by atoms with Gasteiger partial charge in [-0.15, -0.1) is 0 Å². The lowest BCUT2D eigenvalue weighted by Gasteiger charge is -2.16. The molecule has 0 saturated carbocycles. The Hall–Kier alpha value is -2.70. The van der Waals surface area contributed by atoms with Gasteiger partial charge < -0.3 is 10.1 Å². The van der Waals surface area contributed by atoms with Gasteiger partial charge in [-0.3, -0.25) is 24.1 Å². The molecule has 3 amide bonds. The zero-order valence-electron chi connectivity index (χ0n) is 19.0. The van der Waals surface area contributed by atoms with Crippen LogP contribution < -0.4 is 5.32 Å². The highest BCUT2D eigenvalue weighted by atomic mass is 16.5. The van der Waals surface area contributed by atoms with Gasteiger partial charge in [-0.05, 0) is 36.5 Å². The Morgan fingerprint density at radius 3 is 2.35 bits per heavy atom. The number of unbranched alkanes of at least 4 members (excludes halogenated alkanes) is 2. The van der Waals surface area contributed by atoms with Gasteiger partial charge >= 0.3 is 5.97 Å². The van der Waals surface area contributed by atoms with Crippen molar-refractivity contribution in [3.05, 3.63) is 29.8 Å². The summed E-state index contributed by atoms with van der Waals surface area (Å²) in [5, 5.41) is 2.85. The van der Waals surface area contributed by atoms with E-state index in [2.05, 4.69) is 5.32 Å². The highest BCUT2D eigenvalue weighted by Crippen LogP contribution is 2.26. The molecule has 7 heteroatoms. The second kappa shape index (κ2) is 11.6. The smallest absolute Gasteiger partial charge is 0.308 e. The van der Waals surface area contributed by atoms with Crippen LogP contribution >= 0.6 is 0 Å². The number of imide groups is 1. The number of esters is 1. The maximum atomic E-state index is 12.3. The standard InChI is InChI=1S/C24H34N2O5.H2/c1-16(2)20-14-22(28)26(23(20)29)13-7-5-6-8-21(27)25-19-11-9-18(10-12-19)15-31-24(30)17(3)4;/h9-12,16-17,20H,5-8,13-15H2,1-4H3,(H,25,27);1H. The van der Waals surface area contributed by atoms with Gasteiger partial charge in [-0.25, -0.2) is 0 Å². The van der Waals surface area contributed by atoms with Gasteiger partial charge in [-0.2, -0.15) is 0 Å². The van der Waals surface area contributed by atoms with Crippen molar-refractivity contribution in [2.45, 2.75) is 66.4 Å².